The summed E-state index contributed by atoms with van der Waals surface area (Å²) in [5.41, 5.74) is 0.985. The maximum atomic E-state index is 5.63. The Morgan fingerprint density at radius 2 is 2.45 bits per heavy atom. The first-order valence-electron chi connectivity index (χ1n) is 4.00. The van der Waals surface area contributed by atoms with Crippen LogP contribution in [0.5, 0.6) is 0 Å². The molecule has 0 unspecified atom stereocenters. The van der Waals surface area contributed by atoms with Crippen LogP contribution < -0.4 is 0 Å². The number of rotatable bonds is 2. The highest BCUT2D eigenvalue weighted by atomic mass is 35.5. The maximum Gasteiger partial charge on any atom is 0.0772 e. The van der Waals surface area contributed by atoms with Crippen molar-refractivity contribution in [3.05, 3.63) is 18.0 Å². The minimum atomic E-state index is 0.528. The number of nitrogens with zero attached hydrogens (tertiary/aromatic N) is 2. The molecule has 0 aliphatic heterocycles. The predicted molar refractivity (Wildman–Crippen MR) is 44.7 cm³/mol. The predicted octanol–water partition coefficient (Wildman–Crippen LogP) is 2.35. The second kappa shape index (κ2) is 2.86. The number of aromatic nitrogens is 2. The van der Waals surface area contributed by atoms with Gasteiger partial charge in [-0.15, -0.1) is 11.6 Å². The summed E-state index contributed by atoms with van der Waals surface area (Å²) in [7, 11) is 0. The topological polar surface area (TPSA) is 17.8 Å². The summed E-state index contributed by atoms with van der Waals surface area (Å²) in [5.74, 6) is 0.528. The Bertz CT molecular complexity index is 240. The van der Waals surface area contributed by atoms with Gasteiger partial charge in [0.15, 0.2) is 0 Å². The van der Waals surface area contributed by atoms with Crippen LogP contribution in [0.1, 0.15) is 31.0 Å². The van der Waals surface area contributed by atoms with Crippen molar-refractivity contribution >= 4 is 11.6 Å². The van der Waals surface area contributed by atoms with E-state index in [2.05, 4.69) is 5.10 Å². The molecule has 2 rings (SSSR count). The van der Waals surface area contributed by atoms with Crippen LogP contribution in [-0.2, 0) is 5.88 Å². The van der Waals surface area contributed by atoms with Gasteiger partial charge in [0.05, 0.1) is 17.6 Å². The second-order valence-corrected chi connectivity index (χ2v) is 3.27. The molecule has 60 valence electrons. The van der Waals surface area contributed by atoms with Crippen molar-refractivity contribution in [2.24, 2.45) is 0 Å². The SMILES string of the molecule is ClCc1ccn(C2CCC2)n1. The zero-order valence-electron chi connectivity index (χ0n) is 6.33. The molecule has 11 heavy (non-hydrogen) atoms. The Balaban J connectivity index is 2.11. The summed E-state index contributed by atoms with van der Waals surface area (Å²) in [6.45, 7) is 0. The Kier molecular flexibility index (Phi) is 1.86. The van der Waals surface area contributed by atoms with E-state index in [1.54, 1.807) is 0 Å². The fraction of sp³-hybridized carbons (Fsp3) is 0.625. The number of halogens is 1. The minimum Gasteiger partial charge on any atom is -0.269 e. The third-order valence-electron chi connectivity index (χ3n) is 2.25. The molecule has 1 saturated carbocycles. The van der Waals surface area contributed by atoms with Crippen molar-refractivity contribution in [2.75, 3.05) is 0 Å². The van der Waals surface area contributed by atoms with Gasteiger partial charge in [-0.25, -0.2) is 0 Å². The summed E-state index contributed by atoms with van der Waals surface area (Å²) >= 11 is 5.63. The van der Waals surface area contributed by atoms with Gasteiger partial charge >= 0.3 is 0 Å². The average molecular weight is 171 g/mol. The Hall–Kier alpha value is -0.500. The first-order valence-corrected chi connectivity index (χ1v) is 4.53. The molecule has 1 fully saturated rings. The molecule has 0 atom stereocenters. The fourth-order valence-electron chi connectivity index (χ4n) is 1.30. The molecule has 0 bridgehead atoms. The zero-order valence-corrected chi connectivity index (χ0v) is 7.09. The number of alkyl halides is 1. The van der Waals surface area contributed by atoms with E-state index in [9.17, 15) is 0 Å². The standard InChI is InChI=1S/C8H11ClN2/c9-6-7-4-5-11(10-7)8-2-1-3-8/h4-5,8H,1-3,6H2. The molecule has 0 radical (unpaired) electrons. The van der Waals surface area contributed by atoms with E-state index >= 15 is 0 Å². The lowest BCUT2D eigenvalue weighted by molar-refractivity contribution is 0.288. The Morgan fingerprint density at radius 1 is 1.64 bits per heavy atom. The number of hydrogen-bond acceptors (Lipinski definition) is 1. The van der Waals surface area contributed by atoms with E-state index < -0.39 is 0 Å². The zero-order chi connectivity index (χ0) is 7.68. The van der Waals surface area contributed by atoms with E-state index in [0.717, 1.165) is 5.69 Å². The summed E-state index contributed by atoms with van der Waals surface area (Å²) in [6, 6.07) is 2.65. The molecule has 0 N–H and O–H groups in total. The van der Waals surface area contributed by atoms with Gasteiger partial charge < -0.3 is 0 Å². The van der Waals surface area contributed by atoms with Gasteiger partial charge in [0.1, 0.15) is 0 Å². The summed E-state index contributed by atoms with van der Waals surface area (Å²) in [4.78, 5) is 0. The molecular formula is C8H11ClN2. The Labute approximate surface area is 71.2 Å². The Morgan fingerprint density at radius 3 is 2.91 bits per heavy atom. The molecule has 1 aliphatic carbocycles. The van der Waals surface area contributed by atoms with Crippen molar-refractivity contribution in [3.8, 4) is 0 Å². The van der Waals surface area contributed by atoms with Crippen LogP contribution in [0, 0.1) is 0 Å². The van der Waals surface area contributed by atoms with Gasteiger partial charge in [0, 0.05) is 6.20 Å². The van der Waals surface area contributed by atoms with Crippen molar-refractivity contribution in [2.45, 2.75) is 31.2 Å². The highest BCUT2D eigenvalue weighted by Crippen LogP contribution is 2.30. The van der Waals surface area contributed by atoms with E-state index in [4.69, 9.17) is 11.6 Å². The highest BCUT2D eigenvalue weighted by molar-refractivity contribution is 6.16. The molecular weight excluding hydrogens is 160 g/mol. The van der Waals surface area contributed by atoms with Gasteiger partial charge in [0.25, 0.3) is 0 Å². The van der Waals surface area contributed by atoms with E-state index in [1.807, 2.05) is 16.9 Å². The highest BCUT2D eigenvalue weighted by Gasteiger charge is 2.19. The largest absolute Gasteiger partial charge is 0.269 e. The van der Waals surface area contributed by atoms with Crippen LogP contribution in [-0.4, -0.2) is 9.78 Å². The fourth-order valence-corrected chi connectivity index (χ4v) is 1.45. The van der Waals surface area contributed by atoms with Gasteiger partial charge in [-0.2, -0.15) is 5.10 Å². The molecule has 1 aromatic heterocycles. The monoisotopic (exact) mass is 170 g/mol. The van der Waals surface area contributed by atoms with E-state index in [1.165, 1.54) is 19.3 Å². The first kappa shape index (κ1) is 7.17. The van der Waals surface area contributed by atoms with Crippen molar-refractivity contribution in [1.29, 1.82) is 0 Å². The van der Waals surface area contributed by atoms with Crippen molar-refractivity contribution < 1.29 is 0 Å². The summed E-state index contributed by atoms with van der Waals surface area (Å²) in [5, 5.41) is 4.34. The second-order valence-electron chi connectivity index (χ2n) is 3.01. The molecule has 0 saturated heterocycles. The molecule has 1 heterocycles. The van der Waals surface area contributed by atoms with Gasteiger partial charge in [-0.3, -0.25) is 4.68 Å². The molecule has 1 aromatic rings. The normalized spacial score (nSPS) is 18.3. The first-order chi connectivity index (χ1) is 5.40. The van der Waals surface area contributed by atoms with Gasteiger partial charge in [-0.05, 0) is 25.3 Å². The van der Waals surface area contributed by atoms with Crippen LogP contribution in [0.25, 0.3) is 0 Å². The van der Waals surface area contributed by atoms with Gasteiger partial charge in [-0.1, -0.05) is 0 Å². The van der Waals surface area contributed by atoms with Crippen LogP contribution >= 0.6 is 11.6 Å². The smallest absolute Gasteiger partial charge is 0.0772 e. The molecule has 3 heteroatoms. The molecule has 1 aliphatic rings. The van der Waals surface area contributed by atoms with Crippen LogP contribution in [0.4, 0.5) is 0 Å². The number of hydrogen-bond donors (Lipinski definition) is 0. The van der Waals surface area contributed by atoms with E-state index in [-0.39, 0.29) is 0 Å². The molecule has 0 aromatic carbocycles. The van der Waals surface area contributed by atoms with Crippen LogP contribution in [0.2, 0.25) is 0 Å². The quantitative estimate of drug-likeness (QED) is 0.623. The lowest BCUT2D eigenvalue weighted by Crippen LogP contribution is -2.17. The summed E-state index contributed by atoms with van der Waals surface area (Å²) in [6.07, 6.45) is 5.94. The van der Waals surface area contributed by atoms with Crippen molar-refractivity contribution in [1.82, 2.24) is 9.78 Å². The summed E-state index contributed by atoms with van der Waals surface area (Å²) < 4.78 is 2.04. The maximum absolute atomic E-state index is 5.63. The van der Waals surface area contributed by atoms with E-state index in [0.29, 0.717) is 11.9 Å². The van der Waals surface area contributed by atoms with Gasteiger partial charge in [0.2, 0.25) is 0 Å². The van der Waals surface area contributed by atoms with Crippen LogP contribution in [0.15, 0.2) is 12.3 Å². The lowest BCUT2D eigenvalue weighted by Gasteiger charge is -2.25. The lowest BCUT2D eigenvalue weighted by atomic mass is 9.93. The van der Waals surface area contributed by atoms with Crippen molar-refractivity contribution in [3.63, 3.8) is 0 Å². The van der Waals surface area contributed by atoms with Crippen LogP contribution in [0.3, 0.4) is 0 Å². The third kappa shape index (κ3) is 1.27. The average Bonchev–Trinajstić information content (AvgIpc) is 2.32. The molecule has 0 amide bonds. The third-order valence-corrected chi connectivity index (χ3v) is 2.52. The minimum absolute atomic E-state index is 0.528. The molecule has 2 nitrogen and oxygen atoms in total. The molecule has 0 spiro atoms.